The molecule has 0 aliphatic carbocycles. The van der Waals surface area contributed by atoms with Crippen LogP contribution in [-0.2, 0) is 9.84 Å². The lowest BCUT2D eigenvalue weighted by atomic mass is 9.95. The van der Waals surface area contributed by atoms with E-state index in [1.807, 2.05) is 24.3 Å². The molecule has 1 aliphatic rings. The first kappa shape index (κ1) is 13.8. The molecule has 0 radical (unpaired) electrons. The van der Waals surface area contributed by atoms with Gasteiger partial charge in [-0.05, 0) is 30.4 Å². The lowest BCUT2D eigenvalue weighted by Crippen LogP contribution is -2.30. The number of hydrogen-bond acceptors (Lipinski definition) is 4. The van der Waals surface area contributed by atoms with Crippen molar-refractivity contribution >= 4 is 21.4 Å². The molecule has 1 aromatic rings. The van der Waals surface area contributed by atoms with Gasteiger partial charge in [-0.3, -0.25) is 11.3 Å². The second-order valence-electron chi connectivity index (χ2n) is 4.75. The van der Waals surface area contributed by atoms with E-state index in [0.29, 0.717) is 17.9 Å². The van der Waals surface area contributed by atoms with Crippen LogP contribution in [0.4, 0.5) is 0 Å². The number of rotatable bonds is 4. The molecule has 1 saturated heterocycles. The number of nitrogens with two attached hydrogens (primary N) is 1. The Balaban J connectivity index is 2.09. The lowest BCUT2D eigenvalue weighted by molar-refractivity contribution is 0.421. The van der Waals surface area contributed by atoms with E-state index >= 15 is 0 Å². The minimum absolute atomic E-state index is 0.100. The van der Waals surface area contributed by atoms with Crippen LogP contribution in [0.2, 0.25) is 5.02 Å². The van der Waals surface area contributed by atoms with E-state index in [1.54, 1.807) is 0 Å². The summed E-state index contributed by atoms with van der Waals surface area (Å²) in [7, 11) is -2.84. The predicted molar refractivity (Wildman–Crippen MR) is 72.9 cm³/mol. The molecule has 100 valence electrons. The van der Waals surface area contributed by atoms with Crippen LogP contribution in [0.1, 0.15) is 24.4 Å². The zero-order chi connectivity index (χ0) is 13.2. The van der Waals surface area contributed by atoms with Gasteiger partial charge >= 0.3 is 0 Å². The van der Waals surface area contributed by atoms with Crippen LogP contribution in [0.5, 0.6) is 0 Å². The Kier molecular flexibility index (Phi) is 4.27. The zero-order valence-electron chi connectivity index (χ0n) is 9.97. The SMILES string of the molecule is NNC(CC1CCS(=O)(=O)C1)c1ccccc1Cl. The molecular weight excluding hydrogens is 272 g/mol. The van der Waals surface area contributed by atoms with Crippen LogP contribution in [-0.4, -0.2) is 19.9 Å². The molecule has 1 aromatic carbocycles. The molecule has 18 heavy (non-hydrogen) atoms. The van der Waals surface area contributed by atoms with Gasteiger partial charge in [0.15, 0.2) is 9.84 Å². The maximum atomic E-state index is 11.4. The highest BCUT2D eigenvalue weighted by atomic mass is 35.5. The molecule has 0 spiro atoms. The normalized spacial score (nSPS) is 24.0. The number of benzene rings is 1. The minimum Gasteiger partial charge on any atom is -0.271 e. The highest BCUT2D eigenvalue weighted by Crippen LogP contribution is 2.31. The van der Waals surface area contributed by atoms with Gasteiger partial charge in [-0.25, -0.2) is 8.42 Å². The van der Waals surface area contributed by atoms with Crippen LogP contribution in [0.25, 0.3) is 0 Å². The maximum Gasteiger partial charge on any atom is 0.150 e. The monoisotopic (exact) mass is 288 g/mol. The van der Waals surface area contributed by atoms with Gasteiger partial charge in [-0.15, -0.1) is 0 Å². The Labute approximate surface area is 112 Å². The average Bonchev–Trinajstić information content (AvgIpc) is 2.67. The molecule has 2 rings (SSSR count). The number of hydrogen-bond donors (Lipinski definition) is 2. The van der Waals surface area contributed by atoms with Crippen molar-refractivity contribution in [2.24, 2.45) is 11.8 Å². The van der Waals surface area contributed by atoms with Crippen molar-refractivity contribution in [3.63, 3.8) is 0 Å². The van der Waals surface area contributed by atoms with E-state index in [0.717, 1.165) is 5.56 Å². The van der Waals surface area contributed by atoms with Gasteiger partial charge in [0.2, 0.25) is 0 Å². The number of sulfone groups is 1. The lowest BCUT2D eigenvalue weighted by Gasteiger charge is -2.20. The standard InChI is InChI=1S/C12H17ClN2O2S/c13-11-4-2-1-3-10(11)12(15-14)7-9-5-6-18(16,17)8-9/h1-4,9,12,15H,5-8,14H2. The first-order valence-electron chi connectivity index (χ1n) is 5.93. The van der Waals surface area contributed by atoms with Crippen molar-refractivity contribution in [2.75, 3.05) is 11.5 Å². The average molecular weight is 289 g/mol. The smallest absolute Gasteiger partial charge is 0.150 e. The van der Waals surface area contributed by atoms with E-state index in [1.165, 1.54) is 0 Å². The highest BCUT2D eigenvalue weighted by molar-refractivity contribution is 7.91. The summed E-state index contributed by atoms with van der Waals surface area (Å²) in [5.41, 5.74) is 3.66. The van der Waals surface area contributed by atoms with Gasteiger partial charge in [0.1, 0.15) is 0 Å². The zero-order valence-corrected chi connectivity index (χ0v) is 11.5. The van der Waals surface area contributed by atoms with E-state index in [4.69, 9.17) is 17.4 Å². The fourth-order valence-electron chi connectivity index (χ4n) is 2.43. The molecule has 1 fully saturated rings. The van der Waals surface area contributed by atoms with Crippen molar-refractivity contribution in [1.29, 1.82) is 0 Å². The second-order valence-corrected chi connectivity index (χ2v) is 7.38. The van der Waals surface area contributed by atoms with Crippen LogP contribution in [0.15, 0.2) is 24.3 Å². The maximum absolute atomic E-state index is 11.4. The molecule has 0 bridgehead atoms. The Morgan fingerprint density at radius 1 is 1.44 bits per heavy atom. The quantitative estimate of drug-likeness (QED) is 0.653. The Morgan fingerprint density at radius 3 is 2.72 bits per heavy atom. The van der Waals surface area contributed by atoms with Crippen molar-refractivity contribution in [2.45, 2.75) is 18.9 Å². The Hall–Kier alpha value is -0.620. The third-order valence-corrected chi connectivity index (χ3v) is 5.56. The molecule has 0 aromatic heterocycles. The summed E-state index contributed by atoms with van der Waals surface area (Å²) in [6.45, 7) is 0. The molecule has 2 atom stereocenters. The van der Waals surface area contributed by atoms with Crippen LogP contribution in [0, 0.1) is 5.92 Å². The van der Waals surface area contributed by atoms with Crippen molar-refractivity contribution in [3.05, 3.63) is 34.9 Å². The predicted octanol–water partition coefficient (Wildman–Crippen LogP) is 1.67. The van der Waals surface area contributed by atoms with Crippen molar-refractivity contribution in [3.8, 4) is 0 Å². The Bertz CT molecular complexity index is 519. The highest BCUT2D eigenvalue weighted by Gasteiger charge is 2.30. The van der Waals surface area contributed by atoms with Crippen molar-refractivity contribution in [1.82, 2.24) is 5.43 Å². The molecule has 0 saturated carbocycles. The summed E-state index contributed by atoms with van der Waals surface area (Å²) in [4.78, 5) is 0. The van der Waals surface area contributed by atoms with Gasteiger partial charge in [0.05, 0.1) is 11.5 Å². The molecule has 1 aliphatic heterocycles. The molecule has 0 amide bonds. The first-order chi connectivity index (χ1) is 8.52. The third-order valence-electron chi connectivity index (χ3n) is 3.38. The fourth-order valence-corrected chi connectivity index (χ4v) is 4.58. The summed E-state index contributed by atoms with van der Waals surface area (Å²) < 4.78 is 22.9. The van der Waals surface area contributed by atoms with E-state index in [2.05, 4.69) is 5.43 Å². The molecule has 1 heterocycles. The van der Waals surface area contributed by atoms with E-state index in [9.17, 15) is 8.42 Å². The topological polar surface area (TPSA) is 72.2 Å². The summed E-state index contributed by atoms with van der Waals surface area (Å²) in [5.74, 6) is 6.27. The van der Waals surface area contributed by atoms with E-state index in [-0.39, 0.29) is 23.5 Å². The second kappa shape index (κ2) is 5.57. The van der Waals surface area contributed by atoms with Gasteiger partial charge in [0, 0.05) is 11.1 Å². The first-order valence-corrected chi connectivity index (χ1v) is 8.13. The van der Waals surface area contributed by atoms with Gasteiger partial charge in [-0.2, -0.15) is 0 Å². The third kappa shape index (κ3) is 3.23. The molecular formula is C12H17ClN2O2S. The summed E-state index contributed by atoms with van der Waals surface area (Å²) >= 11 is 6.13. The summed E-state index contributed by atoms with van der Waals surface area (Å²) in [6, 6.07) is 7.39. The molecule has 2 unspecified atom stereocenters. The fraction of sp³-hybridized carbons (Fsp3) is 0.500. The summed E-state index contributed by atoms with van der Waals surface area (Å²) in [6.07, 6.45) is 1.41. The van der Waals surface area contributed by atoms with Crippen molar-refractivity contribution < 1.29 is 8.42 Å². The van der Waals surface area contributed by atoms with Gasteiger partial charge in [0.25, 0.3) is 0 Å². The minimum atomic E-state index is -2.84. The van der Waals surface area contributed by atoms with Crippen LogP contribution < -0.4 is 11.3 Å². The van der Waals surface area contributed by atoms with Gasteiger partial charge in [-0.1, -0.05) is 29.8 Å². The number of hydrazine groups is 1. The number of nitrogens with one attached hydrogen (secondary N) is 1. The molecule has 3 N–H and O–H groups in total. The largest absolute Gasteiger partial charge is 0.271 e. The molecule has 6 heteroatoms. The summed E-state index contributed by atoms with van der Waals surface area (Å²) in [5, 5.41) is 0.654. The van der Waals surface area contributed by atoms with Gasteiger partial charge < -0.3 is 0 Å². The van der Waals surface area contributed by atoms with E-state index < -0.39 is 9.84 Å². The Morgan fingerprint density at radius 2 is 2.17 bits per heavy atom. The van der Waals surface area contributed by atoms with Crippen LogP contribution >= 0.6 is 11.6 Å². The number of halogens is 1. The van der Waals surface area contributed by atoms with Crippen LogP contribution in [0.3, 0.4) is 0 Å². The molecule has 4 nitrogen and oxygen atoms in total.